The molecule has 0 atom stereocenters. The zero-order valence-corrected chi connectivity index (χ0v) is 17.4. The van der Waals surface area contributed by atoms with E-state index in [0.29, 0.717) is 11.5 Å². The van der Waals surface area contributed by atoms with Crippen molar-refractivity contribution < 1.29 is 19.2 Å². The molecule has 1 aliphatic rings. The van der Waals surface area contributed by atoms with Gasteiger partial charge in [-0.3, -0.25) is 19.3 Å². The summed E-state index contributed by atoms with van der Waals surface area (Å²) in [5.74, 6) is -1.80. The first-order valence-electron chi connectivity index (χ1n) is 9.67. The van der Waals surface area contributed by atoms with Gasteiger partial charge < -0.3 is 4.57 Å². The predicted octanol–water partition coefficient (Wildman–Crippen LogP) is 3.21. The minimum atomic E-state index is -0.955. The maximum atomic E-state index is 12.9. The van der Waals surface area contributed by atoms with Crippen molar-refractivity contribution in [2.24, 2.45) is 0 Å². The Morgan fingerprint density at radius 2 is 1.55 bits per heavy atom. The third-order valence-corrected chi connectivity index (χ3v) is 5.30. The van der Waals surface area contributed by atoms with E-state index in [0.717, 1.165) is 26.9 Å². The molecular formula is C22H25N3O4. The third kappa shape index (κ3) is 3.48. The number of aryl methyl sites for hydroxylation is 1. The van der Waals surface area contributed by atoms with Crippen LogP contribution in [0.2, 0.25) is 0 Å². The Bertz CT molecular complexity index is 1000. The third-order valence-electron chi connectivity index (χ3n) is 5.30. The van der Waals surface area contributed by atoms with E-state index in [1.54, 1.807) is 13.0 Å². The number of imide groups is 2. The maximum Gasteiger partial charge on any atom is 0.334 e. The van der Waals surface area contributed by atoms with Gasteiger partial charge in [0.1, 0.15) is 0 Å². The normalized spacial score (nSPS) is 14.5. The van der Waals surface area contributed by atoms with E-state index in [9.17, 15) is 19.2 Å². The number of carbonyl (C=O) groups excluding carboxylic acids is 4. The minimum absolute atomic E-state index is 0.0922. The highest BCUT2D eigenvalue weighted by Crippen LogP contribution is 2.24. The van der Waals surface area contributed by atoms with Gasteiger partial charge in [0.25, 0.3) is 0 Å². The SMILES string of the molecule is CCN1C(=O)C(=O)N(CC(=O)c2cc(C)n(-c3ccc(C(C)C)cc3)c2C)C1=O. The van der Waals surface area contributed by atoms with E-state index in [1.165, 1.54) is 5.56 Å². The van der Waals surface area contributed by atoms with Crippen LogP contribution in [0, 0.1) is 13.8 Å². The zero-order valence-electron chi connectivity index (χ0n) is 17.4. The van der Waals surface area contributed by atoms with E-state index < -0.39 is 24.4 Å². The molecule has 2 aromatic rings. The Morgan fingerprint density at radius 3 is 2.07 bits per heavy atom. The molecule has 0 radical (unpaired) electrons. The second-order valence-electron chi connectivity index (χ2n) is 7.51. The molecular weight excluding hydrogens is 370 g/mol. The van der Waals surface area contributed by atoms with Crippen molar-refractivity contribution >= 4 is 23.6 Å². The van der Waals surface area contributed by atoms with Gasteiger partial charge in [-0.15, -0.1) is 0 Å². The summed E-state index contributed by atoms with van der Waals surface area (Å²) in [5, 5.41) is 0. The summed E-state index contributed by atoms with van der Waals surface area (Å²) in [4.78, 5) is 50.6. The number of urea groups is 1. The van der Waals surface area contributed by atoms with Crippen LogP contribution in [0.4, 0.5) is 4.79 Å². The topological polar surface area (TPSA) is 79.7 Å². The monoisotopic (exact) mass is 395 g/mol. The molecule has 1 aromatic carbocycles. The fourth-order valence-electron chi connectivity index (χ4n) is 3.65. The second kappa shape index (κ2) is 7.66. The summed E-state index contributed by atoms with van der Waals surface area (Å²) < 4.78 is 1.97. The molecule has 0 N–H and O–H groups in total. The summed E-state index contributed by atoms with van der Waals surface area (Å²) in [5.41, 5.74) is 4.18. The number of amides is 4. The van der Waals surface area contributed by atoms with Crippen LogP contribution in [0.25, 0.3) is 5.69 Å². The lowest BCUT2D eigenvalue weighted by atomic mass is 10.0. The van der Waals surface area contributed by atoms with Crippen molar-refractivity contribution in [1.82, 2.24) is 14.4 Å². The number of nitrogens with zero attached hydrogens (tertiary/aromatic N) is 3. The smallest absolute Gasteiger partial charge is 0.318 e. The zero-order chi connectivity index (χ0) is 21.5. The number of likely N-dealkylation sites (N-methyl/N-ethyl adjacent to an activating group) is 1. The van der Waals surface area contributed by atoms with Crippen molar-refractivity contribution in [3.8, 4) is 5.69 Å². The highest BCUT2D eigenvalue weighted by molar-refractivity contribution is 6.45. The quantitative estimate of drug-likeness (QED) is 0.427. The molecule has 1 saturated heterocycles. The molecule has 29 heavy (non-hydrogen) atoms. The van der Waals surface area contributed by atoms with Crippen molar-refractivity contribution in [2.75, 3.05) is 13.1 Å². The van der Waals surface area contributed by atoms with Crippen LogP contribution in [-0.4, -0.2) is 51.1 Å². The molecule has 1 fully saturated rings. The van der Waals surface area contributed by atoms with E-state index in [-0.39, 0.29) is 12.3 Å². The number of ketones is 1. The standard InChI is InChI=1S/C22H25N3O4/c1-6-23-20(27)21(28)24(22(23)29)12-19(26)18-11-14(4)25(15(18)5)17-9-7-16(8-10-17)13(2)3/h7-11,13H,6,12H2,1-5H3. The molecule has 7 nitrogen and oxygen atoms in total. The lowest BCUT2D eigenvalue weighted by Crippen LogP contribution is -2.37. The Morgan fingerprint density at radius 1 is 0.966 bits per heavy atom. The van der Waals surface area contributed by atoms with Crippen LogP contribution in [-0.2, 0) is 9.59 Å². The molecule has 0 unspecified atom stereocenters. The van der Waals surface area contributed by atoms with Crippen molar-refractivity contribution in [3.05, 3.63) is 52.8 Å². The number of hydrogen-bond donors (Lipinski definition) is 0. The van der Waals surface area contributed by atoms with Gasteiger partial charge in [-0.1, -0.05) is 26.0 Å². The molecule has 0 spiro atoms. The summed E-state index contributed by atoms with van der Waals surface area (Å²) in [6.45, 7) is 9.23. The summed E-state index contributed by atoms with van der Waals surface area (Å²) in [6.07, 6.45) is 0. The summed E-state index contributed by atoms with van der Waals surface area (Å²) in [7, 11) is 0. The van der Waals surface area contributed by atoms with Crippen LogP contribution in [0.5, 0.6) is 0 Å². The average Bonchev–Trinajstić information content (AvgIpc) is 3.09. The van der Waals surface area contributed by atoms with Crippen LogP contribution in [0.1, 0.15) is 54.0 Å². The molecule has 0 bridgehead atoms. The van der Waals surface area contributed by atoms with Gasteiger partial charge in [0, 0.05) is 29.2 Å². The van der Waals surface area contributed by atoms with Crippen LogP contribution >= 0.6 is 0 Å². The molecule has 152 valence electrons. The molecule has 3 rings (SSSR count). The summed E-state index contributed by atoms with van der Waals surface area (Å²) >= 11 is 0. The van der Waals surface area contributed by atoms with E-state index in [2.05, 4.69) is 26.0 Å². The van der Waals surface area contributed by atoms with Gasteiger partial charge in [0.05, 0.1) is 6.54 Å². The number of hydrogen-bond acceptors (Lipinski definition) is 4. The lowest BCUT2D eigenvalue weighted by molar-refractivity contribution is -0.143. The van der Waals surface area contributed by atoms with Gasteiger partial charge in [0.2, 0.25) is 0 Å². The minimum Gasteiger partial charge on any atom is -0.318 e. The van der Waals surface area contributed by atoms with E-state index in [1.807, 2.05) is 30.5 Å². The van der Waals surface area contributed by atoms with Gasteiger partial charge in [-0.25, -0.2) is 9.69 Å². The molecule has 7 heteroatoms. The maximum absolute atomic E-state index is 12.9. The number of Topliss-reactive ketones (excluding diaryl/α,β-unsaturated/α-hetero) is 1. The molecule has 4 amide bonds. The fraction of sp³-hybridized carbons (Fsp3) is 0.364. The molecule has 1 aliphatic heterocycles. The van der Waals surface area contributed by atoms with Crippen LogP contribution < -0.4 is 0 Å². The number of benzene rings is 1. The molecule has 1 aromatic heterocycles. The average molecular weight is 395 g/mol. The first-order chi connectivity index (χ1) is 13.7. The molecule has 0 saturated carbocycles. The van der Waals surface area contributed by atoms with Crippen LogP contribution in [0.15, 0.2) is 30.3 Å². The molecule has 2 heterocycles. The van der Waals surface area contributed by atoms with Gasteiger partial charge in [0.15, 0.2) is 5.78 Å². The summed E-state index contributed by atoms with van der Waals surface area (Å²) in [6, 6.07) is 9.15. The second-order valence-corrected chi connectivity index (χ2v) is 7.51. The Kier molecular flexibility index (Phi) is 5.42. The first-order valence-corrected chi connectivity index (χ1v) is 9.67. The van der Waals surface area contributed by atoms with Crippen LogP contribution in [0.3, 0.4) is 0 Å². The van der Waals surface area contributed by atoms with Crippen molar-refractivity contribution in [1.29, 1.82) is 0 Å². The first kappa shape index (κ1) is 20.5. The van der Waals surface area contributed by atoms with Gasteiger partial charge >= 0.3 is 17.8 Å². The fourth-order valence-corrected chi connectivity index (χ4v) is 3.65. The predicted molar refractivity (Wildman–Crippen MR) is 108 cm³/mol. The number of aromatic nitrogens is 1. The lowest BCUT2D eigenvalue weighted by Gasteiger charge is -2.14. The van der Waals surface area contributed by atoms with E-state index in [4.69, 9.17) is 0 Å². The largest absolute Gasteiger partial charge is 0.334 e. The number of rotatable bonds is 6. The Balaban J connectivity index is 1.88. The molecule has 0 aliphatic carbocycles. The van der Waals surface area contributed by atoms with Crippen molar-refractivity contribution in [3.63, 3.8) is 0 Å². The Labute approximate surface area is 169 Å². The van der Waals surface area contributed by atoms with E-state index >= 15 is 0 Å². The van der Waals surface area contributed by atoms with Crippen molar-refractivity contribution in [2.45, 2.75) is 40.5 Å². The Hall–Kier alpha value is -3.22. The highest BCUT2D eigenvalue weighted by Gasteiger charge is 2.44. The number of carbonyl (C=O) groups is 4. The highest BCUT2D eigenvalue weighted by atomic mass is 16.2. The van der Waals surface area contributed by atoms with Gasteiger partial charge in [-0.05, 0) is 50.5 Å². The van der Waals surface area contributed by atoms with Gasteiger partial charge in [-0.2, -0.15) is 0 Å².